The Kier molecular flexibility index (Phi) is 4.61. The number of phenols is 1. The SMILES string of the molecule is O=C(Cc1cccc(O)c1)C1C=CC(O)=CC1=NP(=O)(O)O. The minimum Gasteiger partial charge on any atom is -0.508 e. The zero-order valence-corrected chi connectivity index (χ0v) is 12.2. The maximum absolute atomic E-state index is 12.3. The summed E-state index contributed by atoms with van der Waals surface area (Å²) in [6, 6.07) is 6.13. The Morgan fingerprint density at radius 2 is 2.00 bits per heavy atom. The Bertz CT molecular complexity index is 731. The van der Waals surface area contributed by atoms with Crippen LogP contribution in [0.4, 0.5) is 0 Å². The topological polar surface area (TPSA) is 127 Å². The van der Waals surface area contributed by atoms with Crippen LogP contribution in [0.3, 0.4) is 0 Å². The van der Waals surface area contributed by atoms with Crippen LogP contribution in [0.2, 0.25) is 0 Å². The molecule has 1 aromatic carbocycles. The number of rotatable bonds is 4. The number of aromatic hydroxyl groups is 1. The summed E-state index contributed by atoms with van der Waals surface area (Å²) >= 11 is 0. The quantitative estimate of drug-likeness (QED) is 0.624. The van der Waals surface area contributed by atoms with Crippen LogP contribution in [0.25, 0.3) is 0 Å². The van der Waals surface area contributed by atoms with E-state index in [4.69, 9.17) is 9.79 Å². The van der Waals surface area contributed by atoms with Crippen molar-refractivity contribution < 1.29 is 29.4 Å². The normalized spacial score (nSPS) is 20.0. The lowest BCUT2D eigenvalue weighted by Gasteiger charge is -2.16. The Balaban J connectivity index is 2.26. The minimum atomic E-state index is -4.72. The van der Waals surface area contributed by atoms with E-state index in [2.05, 4.69) is 4.76 Å². The first-order valence-corrected chi connectivity index (χ1v) is 7.86. The first-order valence-electron chi connectivity index (χ1n) is 6.30. The summed E-state index contributed by atoms with van der Waals surface area (Å²) in [4.78, 5) is 30.2. The standard InChI is InChI=1S/C14H14NO6P/c16-10-3-1-2-9(6-10)7-14(18)12-5-4-11(17)8-13(12)15-22(19,20)21/h1-6,8,12,16-17H,7H2,(H2,19,20,21). The molecule has 22 heavy (non-hydrogen) atoms. The molecule has 0 fully saturated rings. The highest BCUT2D eigenvalue weighted by Gasteiger charge is 2.26. The molecule has 0 bridgehead atoms. The van der Waals surface area contributed by atoms with Gasteiger partial charge in [-0.1, -0.05) is 18.2 Å². The van der Waals surface area contributed by atoms with Crippen molar-refractivity contribution in [3.63, 3.8) is 0 Å². The van der Waals surface area contributed by atoms with Gasteiger partial charge in [-0.2, -0.15) is 4.76 Å². The molecular weight excluding hydrogens is 309 g/mol. The van der Waals surface area contributed by atoms with E-state index in [1.165, 1.54) is 24.3 Å². The van der Waals surface area contributed by atoms with Crippen LogP contribution < -0.4 is 0 Å². The summed E-state index contributed by atoms with van der Waals surface area (Å²) in [7, 11) is -4.72. The highest BCUT2D eigenvalue weighted by atomic mass is 31.2. The van der Waals surface area contributed by atoms with Crippen LogP contribution in [-0.4, -0.2) is 31.5 Å². The maximum atomic E-state index is 12.3. The molecule has 1 aromatic rings. The number of nitrogens with zero attached hydrogens (tertiary/aromatic N) is 1. The molecule has 1 atom stereocenters. The van der Waals surface area contributed by atoms with Crippen LogP contribution in [0.5, 0.6) is 5.75 Å². The van der Waals surface area contributed by atoms with Crippen LogP contribution in [0.1, 0.15) is 5.56 Å². The Labute approximate surface area is 126 Å². The second-order valence-electron chi connectivity index (χ2n) is 4.76. The first-order chi connectivity index (χ1) is 10.2. The lowest BCUT2D eigenvalue weighted by atomic mass is 9.90. The number of Topliss-reactive ketones (excluding diaryl/α,β-unsaturated/α-hetero) is 1. The molecule has 1 unspecified atom stereocenters. The summed E-state index contributed by atoms with van der Waals surface area (Å²) in [6.45, 7) is 0. The summed E-state index contributed by atoms with van der Waals surface area (Å²) in [5, 5.41) is 18.8. The number of aliphatic hydroxyl groups excluding tert-OH is 1. The van der Waals surface area contributed by atoms with E-state index in [9.17, 15) is 19.6 Å². The Hall–Kier alpha value is -2.21. The van der Waals surface area contributed by atoms with Crippen molar-refractivity contribution >= 4 is 19.2 Å². The van der Waals surface area contributed by atoms with Gasteiger partial charge >= 0.3 is 7.75 Å². The van der Waals surface area contributed by atoms with E-state index < -0.39 is 13.7 Å². The van der Waals surface area contributed by atoms with Gasteiger partial charge in [0.2, 0.25) is 0 Å². The molecule has 8 heteroatoms. The van der Waals surface area contributed by atoms with Crippen molar-refractivity contribution in [1.82, 2.24) is 0 Å². The van der Waals surface area contributed by atoms with E-state index in [1.54, 1.807) is 12.1 Å². The monoisotopic (exact) mass is 323 g/mol. The fourth-order valence-corrected chi connectivity index (χ4v) is 2.56. The zero-order valence-electron chi connectivity index (χ0n) is 11.3. The van der Waals surface area contributed by atoms with Crippen LogP contribution in [-0.2, 0) is 15.8 Å². The van der Waals surface area contributed by atoms with Gasteiger partial charge in [0, 0.05) is 12.5 Å². The van der Waals surface area contributed by atoms with Crippen molar-refractivity contribution in [3.8, 4) is 5.75 Å². The molecule has 0 aromatic heterocycles. The van der Waals surface area contributed by atoms with Crippen molar-refractivity contribution in [2.24, 2.45) is 10.7 Å². The molecule has 7 nitrogen and oxygen atoms in total. The van der Waals surface area contributed by atoms with Gasteiger partial charge < -0.3 is 20.0 Å². The number of phenolic OH excluding ortho intramolecular Hbond substituents is 1. The average Bonchev–Trinajstić information content (AvgIpc) is 2.36. The van der Waals surface area contributed by atoms with Gasteiger partial charge in [-0.3, -0.25) is 4.79 Å². The minimum absolute atomic E-state index is 0.0196. The summed E-state index contributed by atoms with van der Waals surface area (Å²) in [6.07, 6.45) is 3.60. The largest absolute Gasteiger partial charge is 0.508 e. The van der Waals surface area contributed by atoms with E-state index >= 15 is 0 Å². The van der Waals surface area contributed by atoms with Crippen molar-refractivity contribution in [2.75, 3.05) is 0 Å². The van der Waals surface area contributed by atoms with Gasteiger partial charge in [0.05, 0.1) is 11.6 Å². The predicted octanol–water partition coefficient (Wildman–Crippen LogP) is 1.67. The van der Waals surface area contributed by atoms with E-state index in [0.717, 1.165) is 6.08 Å². The highest BCUT2D eigenvalue weighted by molar-refractivity contribution is 7.50. The first kappa shape index (κ1) is 16.2. The van der Waals surface area contributed by atoms with Crippen LogP contribution in [0.15, 0.2) is 53.0 Å². The van der Waals surface area contributed by atoms with Gasteiger partial charge in [0.15, 0.2) is 0 Å². The number of carbonyl (C=O) groups excluding carboxylic acids is 1. The second-order valence-corrected chi connectivity index (χ2v) is 5.98. The predicted molar refractivity (Wildman–Crippen MR) is 79.6 cm³/mol. The molecule has 0 spiro atoms. The molecule has 0 heterocycles. The lowest BCUT2D eigenvalue weighted by Crippen LogP contribution is -2.25. The third-order valence-electron chi connectivity index (χ3n) is 2.96. The fourth-order valence-electron chi connectivity index (χ4n) is 2.07. The average molecular weight is 323 g/mol. The zero-order chi connectivity index (χ0) is 16.3. The molecule has 1 aliphatic carbocycles. The van der Waals surface area contributed by atoms with Gasteiger partial charge in [-0.25, -0.2) is 4.57 Å². The molecule has 0 saturated carbocycles. The molecule has 2 rings (SSSR count). The number of allylic oxidation sites excluding steroid dienone is 3. The highest BCUT2D eigenvalue weighted by Crippen LogP contribution is 2.38. The number of aliphatic hydroxyl groups is 1. The molecule has 0 saturated heterocycles. The molecular formula is C14H14NO6P. The fraction of sp³-hybridized carbons (Fsp3) is 0.143. The Morgan fingerprint density at radius 1 is 1.27 bits per heavy atom. The van der Waals surface area contributed by atoms with Crippen molar-refractivity contribution in [2.45, 2.75) is 6.42 Å². The number of carbonyl (C=O) groups is 1. The number of hydrogen-bond donors (Lipinski definition) is 4. The van der Waals surface area contributed by atoms with Crippen molar-refractivity contribution in [1.29, 1.82) is 0 Å². The maximum Gasteiger partial charge on any atom is 0.448 e. The second kappa shape index (κ2) is 6.27. The lowest BCUT2D eigenvalue weighted by molar-refractivity contribution is -0.119. The van der Waals surface area contributed by atoms with Crippen molar-refractivity contribution in [3.05, 3.63) is 53.8 Å². The third kappa shape index (κ3) is 4.39. The van der Waals surface area contributed by atoms with Gasteiger partial charge in [-0.05, 0) is 23.8 Å². The molecule has 0 aliphatic heterocycles. The van der Waals surface area contributed by atoms with Gasteiger partial charge in [-0.15, -0.1) is 0 Å². The van der Waals surface area contributed by atoms with E-state index in [-0.39, 0.29) is 29.4 Å². The summed E-state index contributed by atoms with van der Waals surface area (Å²) < 4.78 is 14.2. The number of benzene rings is 1. The molecule has 1 aliphatic rings. The summed E-state index contributed by atoms with van der Waals surface area (Å²) in [5.74, 6) is -1.55. The molecule has 116 valence electrons. The van der Waals surface area contributed by atoms with Gasteiger partial charge in [0.25, 0.3) is 0 Å². The number of ketones is 1. The summed E-state index contributed by atoms with van der Waals surface area (Å²) in [5.41, 5.74) is 0.367. The van der Waals surface area contributed by atoms with E-state index in [0.29, 0.717) is 5.56 Å². The van der Waals surface area contributed by atoms with E-state index in [1.807, 2.05) is 0 Å². The van der Waals surface area contributed by atoms with Crippen LogP contribution in [0, 0.1) is 5.92 Å². The number of hydrogen-bond acceptors (Lipinski definition) is 4. The Morgan fingerprint density at radius 3 is 2.64 bits per heavy atom. The third-order valence-corrected chi connectivity index (χ3v) is 3.45. The van der Waals surface area contributed by atoms with Gasteiger partial charge in [0.1, 0.15) is 17.3 Å². The molecule has 0 amide bonds. The smallest absolute Gasteiger partial charge is 0.448 e. The molecule has 4 N–H and O–H groups in total. The van der Waals surface area contributed by atoms with Crippen LogP contribution >= 0.6 is 7.75 Å². The molecule has 0 radical (unpaired) electrons.